The Morgan fingerprint density at radius 3 is 2.76 bits per heavy atom. The van der Waals surface area contributed by atoms with Crippen LogP contribution >= 0.6 is 11.3 Å². The highest BCUT2D eigenvalue weighted by Gasteiger charge is 2.27. The lowest BCUT2D eigenvalue weighted by atomic mass is 10.2. The van der Waals surface area contributed by atoms with E-state index < -0.39 is 0 Å². The van der Waals surface area contributed by atoms with Crippen molar-refractivity contribution in [3.8, 4) is 0 Å². The second-order valence-electron chi connectivity index (χ2n) is 6.46. The minimum Gasteiger partial charge on any atom is -0.346 e. The van der Waals surface area contributed by atoms with Gasteiger partial charge in [-0.05, 0) is 38.6 Å². The fraction of sp³-hybridized carbons (Fsp3) is 0.812. The Kier molecular flexibility index (Phi) is 5.14. The van der Waals surface area contributed by atoms with Crippen molar-refractivity contribution in [3.05, 3.63) is 11.1 Å². The lowest BCUT2D eigenvalue weighted by Crippen LogP contribution is -2.47. The van der Waals surface area contributed by atoms with Crippen LogP contribution in [-0.4, -0.2) is 49.2 Å². The fourth-order valence-corrected chi connectivity index (χ4v) is 3.85. The van der Waals surface area contributed by atoms with Crippen LogP contribution in [0.2, 0.25) is 0 Å². The van der Waals surface area contributed by atoms with Crippen LogP contribution in [0.15, 0.2) is 5.38 Å². The first-order valence-electron chi connectivity index (χ1n) is 8.42. The summed E-state index contributed by atoms with van der Waals surface area (Å²) in [6.45, 7) is 11.5. The zero-order valence-corrected chi connectivity index (χ0v) is 14.2. The molecule has 0 aromatic carbocycles. The van der Waals surface area contributed by atoms with Gasteiger partial charge in [0.05, 0.1) is 5.69 Å². The number of piperazine rings is 1. The van der Waals surface area contributed by atoms with Gasteiger partial charge in [-0.1, -0.05) is 6.92 Å². The summed E-state index contributed by atoms with van der Waals surface area (Å²) in [5.41, 5.74) is 1.20. The molecule has 1 aliphatic carbocycles. The first-order chi connectivity index (χ1) is 10.3. The third kappa shape index (κ3) is 4.18. The van der Waals surface area contributed by atoms with Crippen molar-refractivity contribution in [1.82, 2.24) is 15.2 Å². The maximum absolute atomic E-state index is 4.85. The van der Waals surface area contributed by atoms with Crippen molar-refractivity contribution >= 4 is 16.5 Å². The van der Waals surface area contributed by atoms with Crippen LogP contribution in [0.5, 0.6) is 0 Å². The lowest BCUT2D eigenvalue weighted by molar-refractivity contribution is 0.248. The number of nitrogens with zero attached hydrogens (tertiary/aromatic N) is 3. The number of anilines is 1. The topological polar surface area (TPSA) is 31.4 Å². The molecule has 0 spiro atoms. The predicted octanol–water partition coefficient (Wildman–Crippen LogP) is 2.74. The molecule has 2 heterocycles. The van der Waals surface area contributed by atoms with Crippen LogP contribution in [0.3, 0.4) is 0 Å². The van der Waals surface area contributed by atoms with Gasteiger partial charge in [-0.2, -0.15) is 0 Å². The van der Waals surface area contributed by atoms with Crippen LogP contribution in [-0.2, 0) is 0 Å². The number of thiazole rings is 1. The van der Waals surface area contributed by atoms with E-state index >= 15 is 0 Å². The smallest absolute Gasteiger partial charge is 0.185 e. The van der Waals surface area contributed by atoms with Gasteiger partial charge >= 0.3 is 0 Å². The largest absolute Gasteiger partial charge is 0.346 e. The highest BCUT2D eigenvalue weighted by molar-refractivity contribution is 7.13. The lowest BCUT2D eigenvalue weighted by Gasteiger charge is -2.34. The third-order valence-corrected chi connectivity index (χ3v) is 5.43. The Morgan fingerprint density at radius 2 is 2.10 bits per heavy atom. The van der Waals surface area contributed by atoms with E-state index in [1.807, 2.05) is 0 Å². The summed E-state index contributed by atoms with van der Waals surface area (Å²) in [5, 5.41) is 6.95. The van der Waals surface area contributed by atoms with Crippen molar-refractivity contribution < 1.29 is 0 Å². The molecule has 118 valence electrons. The van der Waals surface area contributed by atoms with Crippen molar-refractivity contribution in [2.45, 2.75) is 39.2 Å². The van der Waals surface area contributed by atoms with Gasteiger partial charge in [-0.3, -0.25) is 4.90 Å². The van der Waals surface area contributed by atoms with Crippen LogP contribution in [0.4, 0.5) is 5.13 Å². The van der Waals surface area contributed by atoms with E-state index in [1.54, 1.807) is 11.3 Å². The molecule has 1 saturated carbocycles. The van der Waals surface area contributed by atoms with Gasteiger partial charge in [0.1, 0.15) is 0 Å². The molecule has 4 nitrogen and oxygen atoms in total. The van der Waals surface area contributed by atoms with Crippen LogP contribution in [0.25, 0.3) is 0 Å². The second kappa shape index (κ2) is 7.07. The average Bonchev–Trinajstić information content (AvgIpc) is 3.18. The van der Waals surface area contributed by atoms with Crippen molar-refractivity contribution in [2.24, 2.45) is 5.92 Å². The van der Waals surface area contributed by atoms with E-state index in [2.05, 4.69) is 34.3 Å². The summed E-state index contributed by atoms with van der Waals surface area (Å²) in [6.07, 6.45) is 4.09. The summed E-state index contributed by atoms with van der Waals surface area (Å²) in [6, 6.07) is 0.367. The molecule has 1 aromatic heterocycles. The highest BCUT2D eigenvalue weighted by atomic mass is 32.1. The van der Waals surface area contributed by atoms with E-state index in [-0.39, 0.29) is 0 Å². The monoisotopic (exact) mass is 308 g/mol. The summed E-state index contributed by atoms with van der Waals surface area (Å²) < 4.78 is 0. The molecule has 3 rings (SSSR count). The Balaban J connectivity index is 1.49. The van der Waals surface area contributed by atoms with Gasteiger partial charge < -0.3 is 10.2 Å². The van der Waals surface area contributed by atoms with E-state index in [0.717, 1.165) is 25.6 Å². The first kappa shape index (κ1) is 15.3. The highest BCUT2D eigenvalue weighted by Crippen LogP contribution is 2.30. The fourth-order valence-electron chi connectivity index (χ4n) is 2.87. The second-order valence-corrected chi connectivity index (χ2v) is 7.30. The van der Waals surface area contributed by atoms with Crippen molar-refractivity contribution in [2.75, 3.05) is 44.2 Å². The zero-order valence-electron chi connectivity index (χ0n) is 13.3. The van der Waals surface area contributed by atoms with Crippen LogP contribution < -0.4 is 10.2 Å². The quantitative estimate of drug-likeness (QED) is 0.839. The van der Waals surface area contributed by atoms with Crippen LogP contribution in [0, 0.1) is 5.92 Å². The normalized spacial score (nSPS) is 21.7. The van der Waals surface area contributed by atoms with E-state index in [0.29, 0.717) is 6.04 Å². The summed E-state index contributed by atoms with van der Waals surface area (Å²) in [4.78, 5) is 9.94. The molecule has 2 fully saturated rings. The van der Waals surface area contributed by atoms with E-state index in [1.165, 1.54) is 49.7 Å². The average molecular weight is 308 g/mol. The summed E-state index contributed by atoms with van der Waals surface area (Å²) in [7, 11) is 0. The Hall–Kier alpha value is -0.650. The molecule has 1 saturated heterocycles. The molecule has 0 amide bonds. The molecule has 1 N–H and O–H groups in total. The van der Waals surface area contributed by atoms with Gasteiger partial charge in [-0.25, -0.2) is 4.98 Å². The van der Waals surface area contributed by atoms with Gasteiger partial charge in [0.15, 0.2) is 5.13 Å². The molecule has 0 bridgehead atoms. The Labute approximate surface area is 132 Å². The predicted molar refractivity (Wildman–Crippen MR) is 90.2 cm³/mol. The van der Waals surface area contributed by atoms with E-state index in [4.69, 9.17) is 4.98 Å². The summed E-state index contributed by atoms with van der Waals surface area (Å²) in [5.74, 6) is 1.01. The number of hydrogen-bond donors (Lipinski definition) is 1. The van der Waals surface area contributed by atoms with Gasteiger partial charge in [0.2, 0.25) is 0 Å². The number of aromatic nitrogens is 1. The molecule has 0 radical (unpaired) electrons. The zero-order chi connectivity index (χ0) is 14.7. The minimum atomic E-state index is 0.367. The Morgan fingerprint density at radius 1 is 1.33 bits per heavy atom. The molecule has 1 unspecified atom stereocenters. The van der Waals surface area contributed by atoms with Gasteiger partial charge in [-0.15, -0.1) is 11.3 Å². The maximum atomic E-state index is 4.85. The first-order valence-corrected chi connectivity index (χ1v) is 9.30. The third-order valence-electron chi connectivity index (χ3n) is 4.51. The Bertz CT molecular complexity index is 435. The molecular formula is C16H28N4S. The minimum absolute atomic E-state index is 0.367. The standard InChI is InChI=1S/C16H28N4S/c1-3-6-17-13(2)15-12-21-16(18-15)20-9-7-19(8-10-20)11-14-4-5-14/h12-14,17H,3-11H2,1-2H3. The SMILES string of the molecule is CCCNC(C)c1csc(N2CCN(CC3CC3)CC2)n1. The van der Waals surface area contributed by atoms with Gasteiger partial charge in [0.25, 0.3) is 0 Å². The molecule has 1 aromatic rings. The molecule has 21 heavy (non-hydrogen) atoms. The molecule has 5 heteroatoms. The molecule has 2 aliphatic rings. The van der Waals surface area contributed by atoms with E-state index in [9.17, 15) is 0 Å². The molecule has 1 atom stereocenters. The van der Waals surface area contributed by atoms with Crippen molar-refractivity contribution in [1.29, 1.82) is 0 Å². The van der Waals surface area contributed by atoms with Crippen LogP contribution in [0.1, 0.15) is 44.8 Å². The number of rotatable bonds is 7. The summed E-state index contributed by atoms with van der Waals surface area (Å²) >= 11 is 1.80. The number of hydrogen-bond acceptors (Lipinski definition) is 5. The number of nitrogens with one attached hydrogen (secondary N) is 1. The molecular weight excluding hydrogens is 280 g/mol. The maximum Gasteiger partial charge on any atom is 0.185 e. The molecule has 1 aliphatic heterocycles. The van der Waals surface area contributed by atoms with Crippen molar-refractivity contribution in [3.63, 3.8) is 0 Å². The van der Waals surface area contributed by atoms with Gasteiger partial charge in [0, 0.05) is 44.1 Å².